The Morgan fingerprint density at radius 2 is 1.56 bits per heavy atom. The summed E-state index contributed by atoms with van der Waals surface area (Å²) in [6.07, 6.45) is 0. The maximum atomic E-state index is 13.0. The van der Waals surface area contributed by atoms with Gasteiger partial charge in [0.05, 0.1) is 27.4 Å². The van der Waals surface area contributed by atoms with Crippen LogP contribution in [0.4, 0.5) is 5.69 Å². The minimum Gasteiger partial charge on any atom is -0.507 e. The Morgan fingerprint density at radius 3 is 2.30 bits per heavy atom. The van der Waals surface area contributed by atoms with E-state index < -0.39 is 17.5 Å². The number of nitrogens with one attached hydrogen (secondary N) is 1. The van der Waals surface area contributed by atoms with Gasteiger partial charge in [0, 0.05) is 11.1 Å². The van der Waals surface area contributed by atoms with Crippen molar-refractivity contribution in [2.45, 2.75) is 0 Å². The molecular formula is C21H12ClNO4. The van der Waals surface area contributed by atoms with Gasteiger partial charge in [-0.15, -0.1) is 0 Å². The SMILES string of the molecule is O=C(Nc1cccc2c1C(=O)c1c(O)ccc(Cl)c1C2=O)c1ccccc1. The second kappa shape index (κ2) is 6.37. The molecule has 0 aliphatic heterocycles. The lowest BCUT2D eigenvalue weighted by Gasteiger charge is -2.21. The minimum absolute atomic E-state index is 0.0271. The van der Waals surface area contributed by atoms with Crippen molar-refractivity contribution < 1.29 is 19.5 Å². The molecule has 0 saturated carbocycles. The molecule has 3 aromatic rings. The smallest absolute Gasteiger partial charge is 0.255 e. The highest BCUT2D eigenvalue weighted by Crippen LogP contribution is 2.39. The van der Waals surface area contributed by atoms with Gasteiger partial charge >= 0.3 is 0 Å². The van der Waals surface area contributed by atoms with Crippen LogP contribution in [0.1, 0.15) is 42.2 Å². The quantitative estimate of drug-likeness (QED) is 0.551. The molecule has 5 nitrogen and oxygen atoms in total. The Bertz CT molecular complexity index is 1120. The van der Waals surface area contributed by atoms with Gasteiger partial charge in [-0.1, -0.05) is 41.9 Å². The molecule has 2 N–H and O–H groups in total. The maximum Gasteiger partial charge on any atom is 0.255 e. The summed E-state index contributed by atoms with van der Waals surface area (Å²) in [5, 5.41) is 12.9. The van der Waals surface area contributed by atoms with Gasteiger partial charge in [0.1, 0.15) is 5.75 Å². The summed E-state index contributed by atoms with van der Waals surface area (Å²) in [6, 6.07) is 15.8. The van der Waals surface area contributed by atoms with Crippen molar-refractivity contribution >= 4 is 34.8 Å². The van der Waals surface area contributed by atoms with Gasteiger partial charge in [0.15, 0.2) is 11.6 Å². The van der Waals surface area contributed by atoms with Crippen molar-refractivity contribution in [2.24, 2.45) is 0 Å². The lowest BCUT2D eigenvalue weighted by Crippen LogP contribution is -2.24. The summed E-state index contributed by atoms with van der Waals surface area (Å²) in [5.74, 6) is -1.78. The fourth-order valence-electron chi connectivity index (χ4n) is 3.15. The molecule has 0 spiro atoms. The molecule has 0 atom stereocenters. The summed E-state index contributed by atoms with van der Waals surface area (Å²) in [7, 11) is 0. The first kappa shape index (κ1) is 17.0. The second-order valence-corrected chi connectivity index (χ2v) is 6.43. The van der Waals surface area contributed by atoms with Gasteiger partial charge in [0.2, 0.25) is 0 Å². The van der Waals surface area contributed by atoms with Gasteiger partial charge in [-0.3, -0.25) is 14.4 Å². The zero-order valence-electron chi connectivity index (χ0n) is 13.8. The van der Waals surface area contributed by atoms with E-state index in [4.69, 9.17) is 11.6 Å². The third-order valence-electron chi connectivity index (χ3n) is 4.41. The number of amides is 1. The molecule has 0 unspecified atom stereocenters. The molecule has 4 rings (SSSR count). The number of anilines is 1. The van der Waals surface area contributed by atoms with Gasteiger partial charge in [0.25, 0.3) is 5.91 Å². The number of halogens is 1. The highest BCUT2D eigenvalue weighted by Gasteiger charge is 2.35. The number of aromatic hydroxyl groups is 1. The number of hydrogen-bond donors (Lipinski definition) is 2. The van der Waals surface area contributed by atoms with Crippen molar-refractivity contribution in [2.75, 3.05) is 5.32 Å². The third kappa shape index (κ3) is 2.69. The average Bonchev–Trinajstić information content (AvgIpc) is 2.68. The van der Waals surface area contributed by atoms with E-state index in [1.165, 1.54) is 24.3 Å². The number of phenols is 1. The fraction of sp³-hybridized carbons (Fsp3) is 0. The highest BCUT2D eigenvalue weighted by atomic mass is 35.5. The van der Waals surface area contributed by atoms with Crippen LogP contribution in [-0.4, -0.2) is 22.6 Å². The van der Waals surface area contributed by atoms with Crippen LogP contribution in [-0.2, 0) is 0 Å². The summed E-state index contributed by atoms with van der Waals surface area (Å²) in [4.78, 5) is 38.4. The number of rotatable bonds is 2. The molecule has 1 aliphatic carbocycles. The standard InChI is InChI=1S/C21H12ClNO4/c22-13-9-10-15(24)18-17(13)19(25)12-7-4-8-14(16(12)20(18)26)23-21(27)11-5-2-1-3-6-11/h1-10,24H,(H,23,27). The van der Waals surface area contributed by atoms with Crippen LogP contribution in [0.3, 0.4) is 0 Å². The number of phenolic OH excluding ortho intramolecular Hbond substituents is 1. The van der Waals surface area contributed by atoms with Crippen LogP contribution >= 0.6 is 11.6 Å². The van der Waals surface area contributed by atoms with Crippen LogP contribution < -0.4 is 5.32 Å². The molecule has 0 saturated heterocycles. The number of ketones is 2. The number of benzene rings is 3. The zero-order chi connectivity index (χ0) is 19.1. The van der Waals surface area contributed by atoms with E-state index in [0.717, 1.165) is 0 Å². The normalized spacial score (nSPS) is 12.3. The van der Waals surface area contributed by atoms with Crippen molar-refractivity contribution in [3.05, 3.63) is 93.5 Å². The monoisotopic (exact) mass is 377 g/mol. The summed E-state index contributed by atoms with van der Waals surface area (Å²) in [5.41, 5.74) is 0.602. The Balaban J connectivity index is 1.84. The van der Waals surface area contributed by atoms with Crippen LogP contribution in [0, 0.1) is 0 Å². The van der Waals surface area contributed by atoms with Gasteiger partial charge in [-0.05, 0) is 30.3 Å². The predicted molar refractivity (Wildman–Crippen MR) is 101 cm³/mol. The topological polar surface area (TPSA) is 83.5 Å². The lowest BCUT2D eigenvalue weighted by atomic mass is 9.82. The largest absolute Gasteiger partial charge is 0.507 e. The third-order valence-corrected chi connectivity index (χ3v) is 4.72. The van der Waals surface area contributed by atoms with E-state index in [0.29, 0.717) is 5.56 Å². The van der Waals surface area contributed by atoms with E-state index in [9.17, 15) is 19.5 Å². The lowest BCUT2D eigenvalue weighted by molar-refractivity contribution is 0.0976. The van der Waals surface area contributed by atoms with Crippen LogP contribution in [0.15, 0.2) is 60.7 Å². The summed E-state index contributed by atoms with van der Waals surface area (Å²) in [6.45, 7) is 0. The van der Waals surface area contributed by atoms with E-state index in [1.54, 1.807) is 36.4 Å². The van der Waals surface area contributed by atoms with E-state index in [1.807, 2.05) is 0 Å². The Labute approximate surface area is 159 Å². The first-order valence-corrected chi connectivity index (χ1v) is 8.47. The van der Waals surface area contributed by atoms with E-state index in [-0.39, 0.29) is 38.7 Å². The predicted octanol–water partition coefficient (Wildman–Crippen LogP) is 4.07. The van der Waals surface area contributed by atoms with Gasteiger partial charge < -0.3 is 10.4 Å². The highest BCUT2D eigenvalue weighted by molar-refractivity contribution is 6.40. The average molecular weight is 378 g/mol. The molecule has 0 bridgehead atoms. The molecule has 132 valence electrons. The zero-order valence-corrected chi connectivity index (χ0v) is 14.6. The number of fused-ring (bicyclic) bond motifs is 2. The minimum atomic E-state index is -0.566. The Hall–Kier alpha value is -3.44. The van der Waals surface area contributed by atoms with Crippen molar-refractivity contribution in [3.8, 4) is 5.75 Å². The first-order chi connectivity index (χ1) is 13.0. The van der Waals surface area contributed by atoms with Crippen LogP contribution in [0.5, 0.6) is 5.75 Å². The van der Waals surface area contributed by atoms with E-state index in [2.05, 4.69) is 5.32 Å². The summed E-state index contributed by atoms with van der Waals surface area (Å²) < 4.78 is 0. The van der Waals surface area contributed by atoms with E-state index >= 15 is 0 Å². The van der Waals surface area contributed by atoms with Crippen LogP contribution in [0.25, 0.3) is 0 Å². The fourth-order valence-corrected chi connectivity index (χ4v) is 3.40. The van der Waals surface area contributed by atoms with Gasteiger partial charge in [-0.2, -0.15) is 0 Å². The first-order valence-electron chi connectivity index (χ1n) is 8.09. The molecule has 27 heavy (non-hydrogen) atoms. The molecule has 1 amide bonds. The molecular weight excluding hydrogens is 366 g/mol. The van der Waals surface area contributed by atoms with Crippen molar-refractivity contribution in [1.82, 2.24) is 0 Å². The molecule has 3 aromatic carbocycles. The Kier molecular flexibility index (Phi) is 4.01. The Morgan fingerprint density at radius 1 is 0.815 bits per heavy atom. The molecule has 0 radical (unpaired) electrons. The molecule has 6 heteroatoms. The molecule has 0 heterocycles. The van der Waals surface area contributed by atoms with Gasteiger partial charge in [-0.25, -0.2) is 0 Å². The molecule has 0 aromatic heterocycles. The second-order valence-electron chi connectivity index (χ2n) is 6.02. The number of carbonyl (C=O) groups is 3. The number of hydrogen-bond acceptors (Lipinski definition) is 4. The summed E-state index contributed by atoms with van der Waals surface area (Å²) >= 11 is 6.09. The van der Waals surface area contributed by atoms with Crippen molar-refractivity contribution in [3.63, 3.8) is 0 Å². The number of carbonyl (C=O) groups excluding carboxylic acids is 3. The maximum absolute atomic E-state index is 13.0. The molecule has 0 fully saturated rings. The van der Waals surface area contributed by atoms with Crippen molar-refractivity contribution in [1.29, 1.82) is 0 Å². The van der Waals surface area contributed by atoms with Crippen LogP contribution in [0.2, 0.25) is 5.02 Å². The molecule has 1 aliphatic rings.